The van der Waals surface area contributed by atoms with Gasteiger partial charge in [-0.05, 0) is 25.7 Å². The van der Waals surface area contributed by atoms with Crippen molar-refractivity contribution in [2.24, 2.45) is 10.9 Å². The highest BCUT2D eigenvalue weighted by atomic mass is 32.2. The van der Waals surface area contributed by atoms with Crippen LogP contribution >= 0.6 is 0 Å². The molecule has 164 valence electrons. The quantitative estimate of drug-likeness (QED) is 0.404. The molecule has 0 saturated carbocycles. The van der Waals surface area contributed by atoms with E-state index in [9.17, 15) is 8.42 Å². The van der Waals surface area contributed by atoms with Crippen molar-refractivity contribution in [1.82, 2.24) is 20.4 Å². The van der Waals surface area contributed by atoms with Crippen LogP contribution in [0.2, 0.25) is 0 Å². The Morgan fingerprint density at radius 1 is 1.18 bits per heavy atom. The lowest BCUT2D eigenvalue weighted by molar-refractivity contribution is 0.0323. The Morgan fingerprint density at radius 3 is 2.46 bits per heavy atom. The molecule has 2 N–H and O–H groups in total. The molecular formula is C19H39N5O3S. The molecule has 0 aromatic carbocycles. The predicted molar refractivity (Wildman–Crippen MR) is 115 cm³/mol. The maximum absolute atomic E-state index is 11.3. The summed E-state index contributed by atoms with van der Waals surface area (Å²) in [5.41, 5.74) is 0. The van der Waals surface area contributed by atoms with Gasteiger partial charge in [-0.2, -0.15) is 0 Å². The number of rotatable bonds is 9. The Morgan fingerprint density at radius 2 is 1.86 bits per heavy atom. The third-order valence-corrected chi connectivity index (χ3v) is 6.21. The lowest BCUT2D eigenvalue weighted by Crippen LogP contribution is -2.49. The van der Waals surface area contributed by atoms with Crippen molar-refractivity contribution in [3.05, 3.63) is 0 Å². The monoisotopic (exact) mass is 417 g/mol. The first kappa shape index (κ1) is 23.4. The second kappa shape index (κ2) is 11.9. The SMILES string of the molecule is CCNC(=NCC(C)CN1CCOCC1)NC1CCN(CCS(C)(=O)=O)CC1. The summed E-state index contributed by atoms with van der Waals surface area (Å²) < 4.78 is 28.1. The molecule has 2 fully saturated rings. The minimum absolute atomic E-state index is 0.246. The van der Waals surface area contributed by atoms with Crippen LogP contribution in [-0.4, -0.2) is 108 Å². The van der Waals surface area contributed by atoms with Crippen LogP contribution in [0.25, 0.3) is 0 Å². The smallest absolute Gasteiger partial charge is 0.191 e. The Labute approximate surface area is 171 Å². The van der Waals surface area contributed by atoms with Gasteiger partial charge in [0.2, 0.25) is 0 Å². The number of morpholine rings is 1. The van der Waals surface area contributed by atoms with Crippen LogP contribution in [0.5, 0.6) is 0 Å². The topological polar surface area (TPSA) is 86.3 Å². The minimum atomic E-state index is -2.89. The first-order valence-corrected chi connectivity index (χ1v) is 12.7. The molecule has 9 heteroatoms. The molecule has 2 heterocycles. The van der Waals surface area contributed by atoms with Crippen molar-refractivity contribution < 1.29 is 13.2 Å². The van der Waals surface area contributed by atoms with Crippen LogP contribution in [0.4, 0.5) is 0 Å². The zero-order chi connectivity index (χ0) is 20.4. The summed E-state index contributed by atoms with van der Waals surface area (Å²) in [6, 6.07) is 0.391. The van der Waals surface area contributed by atoms with E-state index in [4.69, 9.17) is 9.73 Å². The van der Waals surface area contributed by atoms with Gasteiger partial charge in [0.05, 0.1) is 19.0 Å². The number of nitrogens with one attached hydrogen (secondary N) is 2. The third-order valence-electron chi connectivity index (χ3n) is 5.29. The fraction of sp³-hybridized carbons (Fsp3) is 0.947. The van der Waals surface area contributed by atoms with Gasteiger partial charge in [0.1, 0.15) is 9.84 Å². The molecule has 28 heavy (non-hydrogen) atoms. The molecule has 0 aromatic heterocycles. The van der Waals surface area contributed by atoms with Crippen LogP contribution in [0, 0.1) is 5.92 Å². The number of aliphatic imine (C=N–C) groups is 1. The van der Waals surface area contributed by atoms with E-state index >= 15 is 0 Å². The fourth-order valence-corrected chi connectivity index (χ4v) is 4.23. The normalized spacial score (nSPS) is 22.2. The number of nitrogens with zero attached hydrogens (tertiary/aromatic N) is 3. The first-order chi connectivity index (χ1) is 13.4. The van der Waals surface area contributed by atoms with Crippen molar-refractivity contribution >= 4 is 15.8 Å². The molecule has 0 spiro atoms. The van der Waals surface area contributed by atoms with Gasteiger partial charge in [-0.1, -0.05) is 6.92 Å². The molecule has 1 unspecified atom stereocenters. The highest BCUT2D eigenvalue weighted by molar-refractivity contribution is 7.90. The number of guanidine groups is 1. The average molecular weight is 418 g/mol. The average Bonchev–Trinajstić information content (AvgIpc) is 2.66. The number of likely N-dealkylation sites (tertiary alicyclic amines) is 1. The van der Waals surface area contributed by atoms with Crippen molar-refractivity contribution in [3.8, 4) is 0 Å². The van der Waals surface area contributed by atoms with E-state index in [0.717, 1.165) is 77.8 Å². The van der Waals surface area contributed by atoms with Crippen molar-refractivity contribution in [3.63, 3.8) is 0 Å². The summed E-state index contributed by atoms with van der Waals surface area (Å²) in [7, 11) is -2.89. The number of piperidine rings is 1. The third kappa shape index (κ3) is 9.54. The highest BCUT2D eigenvalue weighted by Gasteiger charge is 2.21. The van der Waals surface area contributed by atoms with E-state index in [-0.39, 0.29) is 5.75 Å². The largest absolute Gasteiger partial charge is 0.379 e. The van der Waals surface area contributed by atoms with Gasteiger partial charge in [0, 0.05) is 64.7 Å². The molecule has 2 aliphatic heterocycles. The Kier molecular flexibility index (Phi) is 9.98. The van der Waals surface area contributed by atoms with E-state index in [1.165, 1.54) is 6.26 Å². The molecule has 2 saturated heterocycles. The highest BCUT2D eigenvalue weighted by Crippen LogP contribution is 2.10. The maximum Gasteiger partial charge on any atom is 0.191 e. The second-order valence-corrected chi connectivity index (χ2v) is 10.4. The van der Waals surface area contributed by atoms with Gasteiger partial charge in [0.25, 0.3) is 0 Å². The molecule has 1 atom stereocenters. The summed E-state index contributed by atoms with van der Waals surface area (Å²) in [5, 5.41) is 6.93. The molecular weight excluding hydrogens is 378 g/mol. The van der Waals surface area contributed by atoms with E-state index in [2.05, 4.69) is 34.3 Å². The summed E-state index contributed by atoms with van der Waals surface area (Å²) >= 11 is 0. The van der Waals surface area contributed by atoms with Crippen LogP contribution in [0.15, 0.2) is 4.99 Å². The Balaban J connectivity index is 1.73. The number of hydrogen-bond acceptors (Lipinski definition) is 6. The lowest BCUT2D eigenvalue weighted by Gasteiger charge is -2.33. The zero-order valence-electron chi connectivity index (χ0n) is 17.8. The molecule has 0 amide bonds. The number of ether oxygens (including phenoxy) is 1. The van der Waals surface area contributed by atoms with Crippen LogP contribution in [-0.2, 0) is 14.6 Å². The van der Waals surface area contributed by atoms with Crippen LogP contribution in [0.1, 0.15) is 26.7 Å². The molecule has 0 radical (unpaired) electrons. The minimum Gasteiger partial charge on any atom is -0.379 e. The zero-order valence-corrected chi connectivity index (χ0v) is 18.6. The van der Waals surface area contributed by atoms with Gasteiger partial charge in [-0.15, -0.1) is 0 Å². The molecule has 8 nitrogen and oxygen atoms in total. The summed E-state index contributed by atoms with van der Waals surface area (Å²) in [4.78, 5) is 9.50. The van der Waals surface area contributed by atoms with Crippen molar-refractivity contribution in [2.75, 3.05) is 77.6 Å². The van der Waals surface area contributed by atoms with Gasteiger partial charge < -0.3 is 20.3 Å². The van der Waals surface area contributed by atoms with Crippen molar-refractivity contribution in [1.29, 1.82) is 0 Å². The van der Waals surface area contributed by atoms with E-state index in [1.54, 1.807) is 0 Å². The molecule has 0 bridgehead atoms. The van der Waals surface area contributed by atoms with Crippen LogP contribution in [0.3, 0.4) is 0 Å². The second-order valence-electron chi connectivity index (χ2n) is 8.13. The van der Waals surface area contributed by atoms with E-state index in [0.29, 0.717) is 18.5 Å². The Hall–Kier alpha value is -0.900. The number of hydrogen-bond donors (Lipinski definition) is 2. The fourth-order valence-electron chi connectivity index (χ4n) is 3.64. The molecule has 2 rings (SSSR count). The summed E-state index contributed by atoms with van der Waals surface area (Å²) in [6.45, 7) is 13.3. The summed E-state index contributed by atoms with van der Waals surface area (Å²) in [6.07, 6.45) is 3.33. The van der Waals surface area contributed by atoms with Gasteiger partial charge in [-0.25, -0.2) is 8.42 Å². The molecule has 0 aliphatic carbocycles. The lowest BCUT2D eigenvalue weighted by atomic mass is 10.1. The van der Waals surface area contributed by atoms with Gasteiger partial charge in [0.15, 0.2) is 5.96 Å². The number of sulfone groups is 1. The van der Waals surface area contributed by atoms with Gasteiger partial charge in [-0.3, -0.25) is 9.89 Å². The standard InChI is InChI=1S/C19H39N5O3S/c1-4-20-19(21-15-17(2)16-24-9-12-27-13-10-24)22-18-5-7-23(8-6-18)11-14-28(3,25)26/h17-18H,4-16H2,1-3H3,(H2,20,21,22). The van der Waals surface area contributed by atoms with Crippen molar-refractivity contribution in [2.45, 2.75) is 32.7 Å². The van der Waals surface area contributed by atoms with E-state index < -0.39 is 9.84 Å². The Bertz CT molecular complexity index is 570. The first-order valence-electron chi connectivity index (χ1n) is 10.6. The predicted octanol–water partition coefficient (Wildman–Crippen LogP) is 0.0188. The van der Waals surface area contributed by atoms with Crippen LogP contribution < -0.4 is 10.6 Å². The van der Waals surface area contributed by atoms with Gasteiger partial charge >= 0.3 is 0 Å². The summed E-state index contributed by atoms with van der Waals surface area (Å²) in [5.74, 6) is 1.65. The van der Waals surface area contributed by atoms with E-state index in [1.807, 2.05) is 0 Å². The molecule has 0 aromatic rings. The maximum atomic E-state index is 11.3. The molecule has 2 aliphatic rings.